The van der Waals surface area contributed by atoms with Gasteiger partial charge < -0.3 is 5.32 Å². The number of nitrogens with one attached hydrogen (secondary N) is 1. The molecule has 1 aliphatic heterocycles. The van der Waals surface area contributed by atoms with Crippen LogP contribution in [0.2, 0.25) is 10.0 Å². The van der Waals surface area contributed by atoms with Crippen molar-refractivity contribution in [2.75, 3.05) is 0 Å². The Morgan fingerprint density at radius 3 is 2.19 bits per heavy atom. The molecule has 3 nitrogen and oxygen atoms in total. The van der Waals surface area contributed by atoms with Gasteiger partial charge in [0.1, 0.15) is 11.9 Å². The van der Waals surface area contributed by atoms with Crippen LogP contribution >= 0.6 is 23.2 Å². The first-order valence-electron chi connectivity index (χ1n) is 8.50. The second-order valence-electron chi connectivity index (χ2n) is 6.34. The Bertz CT molecular complexity index is 1030. The highest BCUT2D eigenvalue weighted by atomic mass is 35.5. The molecule has 0 aliphatic carbocycles. The zero-order valence-electron chi connectivity index (χ0n) is 14.2. The number of benzene rings is 3. The van der Waals surface area contributed by atoms with Gasteiger partial charge in [-0.05, 0) is 59.7 Å². The molecule has 1 aliphatic rings. The van der Waals surface area contributed by atoms with Crippen LogP contribution < -0.4 is 5.32 Å². The Labute approximate surface area is 167 Å². The van der Waals surface area contributed by atoms with Crippen molar-refractivity contribution in [3.8, 4) is 6.07 Å². The van der Waals surface area contributed by atoms with E-state index < -0.39 is 0 Å². The summed E-state index contributed by atoms with van der Waals surface area (Å²) < 4.78 is 0. The molecule has 3 aromatic carbocycles. The Morgan fingerprint density at radius 2 is 1.52 bits per heavy atom. The lowest BCUT2D eigenvalue weighted by atomic mass is 9.94. The second-order valence-corrected chi connectivity index (χ2v) is 7.21. The van der Waals surface area contributed by atoms with Crippen molar-refractivity contribution in [2.45, 2.75) is 12.1 Å². The molecule has 1 N–H and O–H groups in total. The van der Waals surface area contributed by atoms with Crippen molar-refractivity contribution in [3.05, 3.63) is 105 Å². The molecule has 132 valence electrons. The minimum absolute atomic E-state index is 0.0538. The lowest BCUT2D eigenvalue weighted by Crippen LogP contribution is -2.25. The van der Waals surface area contributed by atoms with Gasteiger partial charge in [0.25, 0.3) is 0 Å². The van der Waals surface area contributed by atoms with Crippen LogP contribution in [-0.4, -0.2) is 5.84 Å². The fraction of sp³-hybridized carbons (Fsp3) is 0.0909. The highest BCUT2D eigenvalue weighted by molar-refractivity contribution is 6.30. The van der Waals surface area contributed by atoms with Gasteiger partial charge in [0.15, 0.2) is 0 Å². The van der Waals surface area contributed by atoms with Gasteiger partial charge >= 0.3 is 0 Å². The first kappa shape index (κ1) is 17.6. The summed E-state index contributed by atoms with van der Waals surface area (Å²) in [6.07, 6.45) is 0. The van der Waals surface area contributed by atoms with E-state index in [0.717, 1.165) is 22.5 Å². The summed E-state index contributed by atoms with van der Waals surface area (Å²) in [7, 11) is 0. The third kappa shape index (κ3) is 3.68. The molecule has 0 fully saturated rings. The number of nitriles is 1. The Morgan fingerprint density at radius 1 is 0.852 bits per heavy atom. The van der Waals surface area contributed by atoms with Crippen molar-refractivity contribution in [1.82, 2.24) is 5.32 Å². The lowest BCUT2D eigenvalue weighted by Gasteiger charge is -2.20. The largest absolute Gasteiger partial charge is 0.361 e. The maximum absolute atomic E-state index is 9.25. The smallest absolute Gasteiger partial charge is 0.129 e. The molecule has 4 rings (SSSR count). The molecule has 0 bridgehead atoms. The maximum Gasteiger partial charge on any atom is 0.129 e. The predicted octanol–water partition coefficient (Wildman–Crippen LogP) is 5.70. The van der Waals surface area contributed by atoms with Crippen LogP contribution in [0.15, 0.2) is 77.8 Å². The summed E-state index contributed by atoms with van der Waals surface area (Å²) in [5, 5.41) is 14.2. The summed E-state index contributed by atoms with van der Waals surface area (Å²) in [5.41, 5.74) is 3.67. The summed E-state index contributed by atoms with van der Waals surface area (Å²) in [6.45, 7) is 0. The standard InChI is InChI=1S/C22H15Cl2N3/c23-18-8-4-15(5-9-18)20-21(17-3-1-2-14(12-17)13-25)27-22(26-20)16-6-10-19(24)11-7-16/h1-12,20-21H,(H,26,27). The number of aliphatic imine (C=N–C) groups is 1. The van der Waals surface area contributed by atoms with E-state index in [1.54, 1.807) is 6.07 Å². The van der Waals surface area contributed by atoms with Crippen LogP contribution in [0.25, 0.3) is 0 Å². The van der Waals surface area contributed by atoms with Crippen molar-refractivity contribution < 1.29 is 0 Å². The highest BCUT2D eigenvalue weighted by Gasteiger charge is 2.31. The van der Waals surface area contributed by atoms with Gasteiger partial charge in [0.2, 0.25) is 0 Å². The van der Waals surface area contributed by atoms with E-state index in [1.165, 1.54) is 0 Å². The van der Waals surface area contributed by atoms with E-state index in [4.69, 9.17) is 28.2 Å². The van der Waals surface area contributed by atoms with Gasteiger partial charge in [-0.25, -0.2) is 0 Å². The van der Waals surface area contributed by atoms with Gasteiger partial charge in [-0.2, -0.15) is 5.26 Å². The third-order valence-corrected chi connectivity index (χ3v) is 5.08. The second kappa shape index (κ2) is 7.44. The number of amidine groups is 1. The Balaban J connectivity index is 1.76. The van der Waals surface area contributed by atoms with Gasteiger partial charge in [0, 0.05) is 15.6 Å². The fourth-order valence-corrected chi connectivity index (χ4v) is 3.49. The zero-order valence-corrected chi connectivity index (χ0v) is 15.7. The molecule has 0 spiro atoms. The van der Waals surface area contributed by atoms with Gasteiger partial charge in [-0.15, -0.1) is 0 Å². The van der Waals surface area contributed by atoms with Crippen LogP contribution in [0.5, 0.6) is 0 Å². The maximum atomic E-state index is 9.25. The average molecular weight is 392 g/mol. The summed E-state index contributed by atoms with van der Waals surface area (Å²) in [6, 6.07) is 24.9. The monoisotopic (exact) mass is 391 g/mol. The van der Waals surface area contributed by atoms with Crippen LogP contribution in [0.4, 0.5) is 0 Å². The van der Waals surface area contributed by atoms with Crippen molar-refractivity contribution in [3.63, 3.8) is 0 Å². The normalized spacial score (nSPS) is 18.5. The van der Waals surface area contributed by atoms with E-state index in [9.17, 15) is 5.26 Å². The zero-order chi connectivity index (χ0) is 18.8. The topological polar surface area (TPSA) is 48.2 Å². The van der Waals surface area contributed by atoms with E-state index in [-0.39, 0.29) is 12.1 Å². The van der Waals surface area contributed by atoms with E-state index in [0.29, 0.717) is 15.6 Å². The van der Waals surface area contributed by atoms with Gasteiger partial charge in [-0.1, -0.05) is 47.5 Å². The van der Waals surface area contributed by atoms with Gasteiger partial charge in [0.05, 0.1) is 17.7 Å². The lowest BCUT2D eigenvalue weighted by molar-refractivity contribution is 0.572. The predicted molar refractivity (Wildman–Crippen MR) is 109 cm³/mol. The van der Waals surface area contributed by atoms with Crippen LogP contribution in [-0.2, 0) is 0 Å². The van der Waals surface area contributed by atoms with Crippen LogP contribution in [0.1, 0.15) is 34.3 Å². The summed E-state index contributed by atoms with van der Waals surface area (Å²) >= 11 is 12.1. The fourth-order valence-electron chi connectivity index (χ4n) is 3.24. The quantitative estimate of drug-likeness (QED) is 0.622. The highest BCUT2D eigenvalue weighted by Crippen LogP contribution is 2.37. The first-order chi connectivity index (χ1) is 13.1. The third-order valence-electron chi connectivity index (χ3n) is 4.58. The molecule has 0 saturated heterocycles. The molecule has 2 atom stereocenters. The Hall–Kier alpha value is -2.80. The van der Waals surface area contributed by atoms with Gasteiger partial charge in [-0.3, -0.25) is 4.99 Å². The number of hydrogen-bond acceptors (Lipinski definition) is 3. The molecule has 0 saturated carbocycles. The molecule has 1 heterocycles. The molecule has 5 heteroatoms. The van der Waals surface area contributed by atoms with E-state index in [1.807, 2.05) is 66.7 Å². The van der Waals surface area contributed by atoms with Crippen LogP contribution in [0.3, 0.4) is 0 Å². The first-order valence-corrected chi connectivity index (χ1v) is 9.25. The summed E-state index contributed by atoms with van der Waals surface area (Å²) in [4.78, 5) is 4.93. The SMILES string of the molecule is N#Cc1cccc(C2N=C(c3ccc(Cl)cc3)NC2c2ccc(Cl)cc2)c1. The number of halogens is 2. The molecular weight excluding hydrogens is 377 g/mol. The van der Waals surface area contributed by atoms with E-state index in [2.05, 4.69) is 11.4 Å². The minimum Gasteiger partial charge on any atom is -0.361 e. The molecular formula is C22H15Cl2N3. The molecule has 0 radical (unpaired) electrons. The molecule has 0 aromatic heterocycles. The van der Waals surface area contributed by atoms with Crippen molar-refractivity contribution >= 4 is 29.0 Å². The Kier molecular flexibility index (Phi) is 4.85. The van der Waals surface area contributed by atoms with Crippen LogP contribution in [0, 0.1) is 11.3 Å². The minimum atomic E-state index is -0.148. The van der Waals surface area contributed by atoms with Crippen molar-refractivity contribution in [2.24, 2.45) is 4.99 Å². The molecule has 3 aromatic rings. The summed E-state index contributed by atoms with van der Waals surface area (Å²) in [5.74, 6) is 0.805. The van der Waals surface area contributed by atoms with Crippen molar-refractivity contribution in [1.29, 1.82) is 5.26 Å². The molecule has 2 unspecified atom stereocenters. The van der Waals surface area contributed by atoms with E-state index >= 15 is 0 Å². The number of rotatable bonds is 3. The average Bonchev–Trinajstić information content (AvgIpc) is 3.14. The number of hydrogen-bond donors (Lipinski definition) is 1. The number of nitrogens with zero attached hydrogens (tertiary/aromatic N) is 2. The molecule has 0 amide bonds. The molecule has 27 heavy (non-hydrogen) atoms.